The van der Waals surface area contributed by atoms with Gasteiger partial charge in [-0.3, -0.25) is 14.4 Å². The molecule has 0 bridgehead atoms. The van der Waals surface area contributed by atoms with Gasteiger partial charge in [0, 0.05) is 25.2 Å². The molecule has 3 rings (SSSR count). The molecule has 1 saturated carbocycles. The Kier molecular flexibility index (Phi) is 6.41. The second-order valence-corrected chi connectivity index (χ2v) is 7.43. The molecule has 1 aliphatic rings. The molecule has 1 aromatic heterocycles. The number of carbonyl (C=O) groups is 2. The van der Waals surface area contributed by atoms with Crippen molar-refractivity contribution in [2.75, 3.05) is 7.05 Å². The molecule has 1 heterocycles. The van der Waals surface area contributed by atoms with Crippen LogP contribution in [-0.2, 0) is 6.54 Å². The number of ketones is 1. The van der Waals surface area contributed by atoms with Crippen LogP contribution in [0.2, 0.25) is 0 Å². The molecule has 6 heteroatoms. The van der Waals surface area contributed by atoms with Gasteiger partial charge in [-0.05, 0) is 43.2 Å². The van der Waals surface area contributed by atoms with Gasteiger partial charge in [0.2, 0.25) is 0 Å². The van der Waals surface area contributed by atoms with Gasteiger partial charge in [-0.15, -0.1) is 0 Å². The molecule has 2 N–H and O–H groups in total. The zero-order valence-electron chi connectivity index (χ0n) is 16.1. The number of nitrogens with zero attached hydrogens (tertiary/aromatic N) is 1. The minimum atomic E-state index is -0.500. The van der Waals surface area contributed by atoms with E-state index < -0.39 is 11.5 Å². The number of pyridine rings is 1. The molecule has 0 radical (unpaired) electrons. The molecule has 148 valence electrons. The average molecular weight is 382 g/mol. The van der Waals surface area contributed by atoms with Crippen molar-refractivity contribution in [3.63, 3.8) is 0 Å². The van der Waals surface area contributed by atoms with Crippen LogP contribution in [0.1, 0.15) is 58.4 Å². The molecule has 2 aromatic rings. The van der Waals surface area contributed by atoms with Gasteiger partial charge in [-0.2, -0.15) is 0 Å². The second-order valence-electron chi connectivity index (χ2n) is 7.43. The van der Waals surface area contributed by atoms with E-state index in [9.17, 15) is 19.5 Å². The summed E-state index contributed by atoms with van der Waals surface area (Å²) in [6, 6.07) is 10.8. The monoisotopic (exact) mass is 382 g/mol. The van der Waals surface area contributed by atoms with Crippen molar-refractivity contribution >= 4 is 11.7 Å². The standard InChI is InChI=1S/C22H26N2O4/c1-23-21(27)19-12-17(20(26)10-8-15-7-9-18(25)11-15)14-24(22(19)28)13-16-5-3-2-4-6-16/h2-6,12,14-15,18,25H,7-11,13H2,1H3,(H,23,27)/t15-,18+/m0/s1. The van der Waals surface area contributed by atoms with Crippen LogP contribution in [0.4, 0.5) is 0 Å². The van der Waals surface area contributed by atoms with Gasteiger partial charge in [0.15, 0.2) is 5.78 Å². The van der Waals surface area contributed by atoms with Crippen LogP contribution in [0.5, 0.6) is 0 Å². The lowest BCUT2D eigenvalue weighted by Gasteiger charge is -2.12. The van der Waals surface area contributed by atoms with E-state index >= 15 is 0 Å². The van der Waals surface area contributed by atoms with E-state index in [2.05, 4.69) is 5.32 Å². The van der Waals surface area contributed by atoms with Gasteiger partial charge in [-0.1, -0.05) is 30.3 Å². The first-order valence-electron chi connectivity index (χ1n) is 9.69. The number of carbonyl (C=O) groups excluding carboxylic acids is 2. The van der Waals surface area contributed by atoms with Crippen LogP contribution in [-0.4, -0.2) is 34.5 Å². The van der Waals surface area contributed by atoms with Crippen molar-refractivity contribution in [3.05, 3.63) is 69.6 Å². The highest BCUT2D eigenvalue weighted by atomic mass is 16.3. The molecule has 1 fully saturated rings. The van der Waals surface area contributed by atoms with Crippen LogP contribution in [0, 0.1) is 5.92 Å². The fourth-order valence-electron chi connectivity index (χ4n) is 3.77. The number of rotatable bonds is 7. The van der Waals surface area contributed by atoms with Crippen molar-refractivity contribution < 1.29 is 14.7 Å². The molecule has 0 aliphatic heterocycles. The molecule has 1 aromatic carbocycles. The van der Waals surface area contributed by atoms with E-state index in [0.29, 0.717) is 30.9 Å². The first-order valence-corrected chi connectivity index (χ1v) is 9.69. The first-order chi connectivity index (χ1) is 13.5. The van der Waals surface area contributed by atoms with Gasteiger partial charge in [0.25, 0.3) is 11.5 Å². The molecule has 28 heavy (non-hydrogen) atoms. The van der Waals surface area contributed by atoms with Gasteiger partial charge >= 0.3 is 0 Å². The maximum absolute atomic E-state index is 12.8. The van der Waals surface area contributed by atoms with Crippen LogP contribution < -0.4 is 10.9 Å². The Bertz CT molecular complexity index is 904. The Balaban J connectivity index is 1.85. The topological polar surface area (TPSA) is 88.4 Å². The average Bonchev–Trinajstić information content (AvgIpc) is 3.13. The molecule has 1 aliphatic carbocycles. The van der Waals surface area contributed by atoms with Crippen molar-refractivity contribution in [3.8, 4) is 0 Å². The zero-order chi connectivity index (χ0) is 20.1. The number of aromatic nitrogens is 1. The second kappa shape index (κ2) is 8.97. The maximum Gasteiger partial charge on any atom is 0.263 e. The third-order valence-corrected chi connectivity index (χ3v) is 5.37. The lowest BCUT2D eigenvalue weighted by atomic mass is 9.97. The minimum Gasteiger partial charge on any atom is -0.393 e. The quantitative estimate of drug-likeness (QED) is 0.720. The van der Waals surface area contributed by atoms with E-state index in [1.54, 1.807) is 6.20 Å². The summed E-state index contributed by atoms with van der Waals surface area (Å²) in [5, 5.41) is 12.1. The summed E-state index contributed by atoms with van der Waals surface area (Å²) in [5.74, 6) is -0.235. The summed E-state index contributed by atoms with van der Waals surface area (Å²) >= 11 is 0. The Labute approximate surface area is 164 Å². The van der Waals surface area contributed by atoms with Crippen LogP contribution >= 0.6 is 0 Å². The van der Waals surface area contributed by atoms with E-state index in [1.807, 2.05) is 30.3 Å². The number of amides is 1. The summed E-state index contributed by atoms with van der Waals surface area (Å²) < 4.78 is 1.42. The molecule has 0 saturated heterocycles. The molecular weight excluding hydrogens is 356 g/mol. The van der Waals surface area contributed by atoms with Gasteiger partial charge < -0.3 is 15.0 Å². The summed E-state index contributed by atoms with van der Waals surface area (Å²) in [7, 11) is 1.46. The largest absolute Gasteiger partial charge is 0.393 e. The molecular formula is C22H26N2O4. The van der Waals surface area contributed by atoms with E-state index in [1.165, 1.54) is 17.7 Å². The molecule has 2 atom stereocenters. The Hall–Kier alpha value is -2.73. The van der Waals surface area contributed by atoms with E-state index in [-0.39, 0.29) is 17.5 Å². The number of hydrogen-bond donors (Lipinski definition) is 2. The lowest BCUT2D eigenvalue weighted by Crippen LogP contribution is -2.32. The number of benzene rings is 1. The van der Waals surface area contributed by atoms with E-state index in [0.717, 1.165) is 24.8 Å². The minimum absolute atomic E-state index is 0.0273. The van der Waals surface area contributed by atoms with Crippen molar-refractivity contribution in [2.45, 2.75) is 44.8 Å². The number of aliphatic hydroxyl groups excluding tert-OH is 1. The van der Waals surface area contributed by atoms with Gasteiger partial charge in [-0.25, -0.2) is 0 Å². The summed E-state index contributed by atoms with van der Waals surface area (Å²) in [4.78, 5) is 37.6. The highest BCUT2D eigenvalue weighted by Crippen LogP contribution is 2.29. The van der Waals surface area contributed by atoms with Crippen molar-refractivity contribution in [1.82, 2.24) is 9.88 Å². The van der Waals surface area contributed by atoms with Crippen molar-refractivity contribution in [1.29, 1.82) is 0 Å². The number of Topliss-reactive ketones (excluding diaryl/α,β-unsaturated/α-hetero) is 1. The summed E-state index contributed by atoms with van der Waals surface area (Å²) in [6.45, 7) is 0.291. The maximum atomic E-state index is 12.8. The molecule has 0 unspecified atom stereocenters. The van der Waals surface area contributed by atoms with Crippen molar-refractivity contribution in [2.24, 2.45) is 5.92 Å². The summed E-state index contributed by atoms with van der Waals surface area (Å²) in [6.07, 6.45) is 4.81. The predicted octanol–water partition coefficient (Wildman–Crippen LogP) is 2.38. The number of aliphatic hydroxyl groups is 1. The fourth-order valence-corrected chi connectivity index (χ4v) is 3.77. The molecule has 0 spiro atoms. The first kappa shape index (κ1) is 20.0. The fraction of sp³-hybridized carbons (Fsp3) is 0.409. The zero-order valence-corrected chi connectivity index (χ0v) is 16.1. The predicted molar refractivity (Wildman–Crippen MR) is 107 cm³/mol. The van der Waals surface area contributed by atoms with Gasteiger partial charge in [0.05, 0.1) is 12.6 Å². The molecule has 6 nitrogen and oxygen atoms in total. The highest BCUT2D eigenvalue weighted by molar-refractivity contribution is 6.00. The van der Waals surface area contributed by atoms with Crippen LogP contribution in [0.25, 0.3) is 0 Å². The Morgan fingerprint density at radius 2 is 1.96 bits per heavy atom. The third kappa shape index (κ3) is 4.75. The lowest BCUT2D eigenvalue weighted by molar-refractivity contribution is 0.0961. The normalized spacial score (nSPS) is 18.8. The molecule has 1 amide bonds. The SMILES string of the molecule is CNC(=O)c1cc(C(=O)CC[C@@H]2CC[C@@H](O)C2)cn(Cc2ccccc2)c1=O. The highest BCUT2D eigenvalue weighted by Gasteiger charge is 2.24. The third-order valence-electron chi connectivity index (χ3n) is 5.37. The van der Waals surface area contributed by atoms with Gasteiger partial charge in [0.1, 0.15) is 5.56 Å². The summed E-state index contributed by atoms with van der Waals surface area (Å²) in [5.41, 5.74) is 0.837. The number of nitrogens with one attached hydrogen (secondary N) is 1. The van der Waals surface area contributed by atoms with E-state index in [4.69, 9.17) is 0 Å². The van der Waals surface area contributed by atoms with Crippen LogP contribution in [0.15, 0.2) is 47.4 Å². The Morgan fingerprint density at radius 1 is 1.21 bits per heavy atom. The van der Waals surface area contributed by atoms with Crippen LogP contribution in [0.3, 0.4) is 0 Å². The smallest absolute Gasteiger partial charge is 0.263 e. The number of hydrogen-bond acceptors (Lipinski definition) is 4. The Morgan fingerprint density at radius 3 is 2.61 bits per heavy atom.